The second kappa shape index (κ2) is 6.35. The third-order valence-electron chi connectivity index (χ3n) is 3.45. The summed E-state index contributed by atoms with van der Waals surface area (Å²) in [7, 11) is 0. The summed E-state index contributed by atoms with van der Waals surface area (Å²) in [5.41, 5.74) is 1.91. The van der Waals surface area contributed by atoms with Crippen molar-refractivity contribution in [3.63, 3.8) is 0 Å². The monoisotopic (exact) mass is 264 g/mol. The van der Waals surface area contributed by atoms with Crippen molar-refractivity contribution in [3.05, 3.63) is 23.5 Å². The number of aliphatic hydroxyl groups is 1. The molecule has 1 fully saturated rings. The van der Waals surface area contributed by atoms with Gasteiger partial charge in [-0.05, 0) is 38.3 Å². The number of aliphatic hydroxyl groups excluding tert-OH is 1. The number of rotatable bonds is 5. The lowest BCUT2D eigenvalue weighted by Gasteiger charge is -2.20. The third kappa shape index (κ3) is 3.91. The smallest absolute Gasteiger partial charge is 0.142 e. The Balaban J connectivity index is 2.09. The van der Waals surface area contributed by atoms with Crippen LogP contribution < -0.4 is 10.1 Å². The Hall–Kier alpha value is -1.13. The van der Waals surface area contributed by atoms with Gasteiger partial charge in [0.25, 0.3) is 0 Å². The highest BCUT2D eigenvalue weighted by molar-refractivity contribution is 5.29. The fourth-order valence-electron chi connectivity index (χ4n) is 2.34. The first-order chi connectivity index (χ1) is 9.06. The van der Waals surface area contributed by atoms with Crippen LogP contribution in [0.2, 0.25) is 0 Å². The van der Waals surface area contributed by atoms with Gasteiger partial charge in [0.05, 0.1) is 11.8 Å². The molecule has 0 aromatic carbocycles. The van der Waals surface area contributed by atoms with Gasteiger partial charge in [0.15, 0.2) is 0 Å². The van der Waals surface area contributed by atoms with Crippen molar-refractivity contribution in [2.45, 2.75) is 64.8 Å². The number of aryl methyl sites for hydroxylation is 1. The zero-order valence-electron chi connectivity index (χ0n) is 12.0. The summed E-state index contributed by atoms with van der Waals surface area (Å²) in [6.07, 6.45) is 2.37. The standard InChI is InChI=1S/C15H24N2O2/c1-10(2)16-9-12-14(8-7-11(3)17-12)19-15-6-4-5-13(15)18/h7-8,10,13,15-16,18H,4-6,9H2,1-3H3. The first kappa shape index (κ1) is 14.3. The Bertz CT molecular complexity index is 421. The summed E-state index contributed by atoms with van der Waals surface area (Å²) >= 11 is 0. The highest BCUT2D eigenvalue weighted by atomic mass is 16.5. The molecule has 1 saturated carbocycles. The molecule has 1 heterocycles. The van der Waals surface area contributed by atoms with Crippen LogP contribution in [-0.4, -0.2) is 28.3 Å². The summed E-state index contributed by atoms with van der Waals surface area (Å²) in [5.74, 6) is 0.796. The molecule has 0 saturated heterocycles. The van der Waals surface area contributed by atoms with Crippen molar-refractivity contribution in [1.82, 2.24) is 10.3 Å². The Morgan fingerprint density at radius 1 is 1.42 bits per heavy atom. The number of nitrogens with one attached hydrogen (secondary N) is 1. The van der Waals surface area contributed by atoms with Gasteiger partial charge in [-0.2, -0.15) is 0 Å². The predicted octanol–water partition coefficient (Wildman–Crippen LogP) is 2.18. The second-order valence-corrected chi connectivity index (χ2v) is 5.59. The number of hydrogen-bond donors (Lipinski definition) is 2. The minimum atomic E-state index is -0.341. The van der Waals surface area contributed by atoms with E-state index >= 15 is 0 Å². The molecule has 19 heavy (non-hydrogen) atoms. The largest absolute Gasteiger partial charge is 0.486 e. The second-order valence-electron chi connectivity index (χ2n) is 5.59. The predicted molar refractivity (Wildman–Crippen MR) is 75.2 cm³/mol. The maximum Gasteiger partial charge on any atom is 0.142 e. The number of nitrogens with zero attached hydrogens (tertiary/aromatic N) is 1. The SMILES string of the molecule is Cc1ccc(OC2CCCC2O)c(CNC(C)C)n1. The van der Waals surface area contributed by atoms with E-state index in [-0.39, 0.29) is 12.2 Å². The quantitative estimate of drug-likeness (QED) is 0.856. The molecule has 2 atom stereocenters. The molecule has 1 aromatic heterocycles. The first-order valence-corrected chi connectivity index (χ1v) is 7.11. The average molecular weight is 264 g/mol. The van der Waals surface area contributed by atoms with E-state index in [2.05, 4.69) is 24.1 Å². The van der Waals surface area contributed by atoms with E-state index in [1.54, 1.807) is 0 Å². The van der Waals surface area contributed by atoms with Gasteiger partial charge in [-0.15, -0.1) is 0 Å². The van der Waals surface area contributed by atoms with Gasteiger partial charge in [0.2, 0.25) is 0 Å². The molecule has 0 aliphatic heterocycles. The summed E-state index contributed by atoms with van der Waals surface area (Å²) < 4.78 is 5.95. The molecular formula is C15H24N2O2. The highest BCUT2D eigenvalue weighted by Gasteiger charge is 2.27. The van der Waals surface area contributed by atoms with Crippen LogP contribution in [0.3, 0.4) is 0 Å². The van der Waals surface area contributed by atoms with Crippen LogP contribution in [0.5, 0.6) is 5.75 Å². The number of aromatic nitrogens is 1. The number of pyridine rings is 1. The molecule has 4 heteroatoms. The zero-order chi connectivity index (χ0) is 13.8. The maximum atomic E-state index is 9.85. The summed E-state index contributed by atoms with van der Waals surface area (Å²) in [6, 6.07) is 4.33. The summed E-state index contributed by atoms with van der Waals surface area (Å²) in [6.45, 7) is 6.89. The normalized spacial score (nSPS) is 23.0. The van der Waals surface area contributed by atoms with Crippen LogP contribution in [0.1, 0.15) is 44.5 Å². The zero-order valence-corrected chi connectivity index (χ0v) is 12.0. The van der Waals surface area contributed by atoms with Crippen molar-refractivity contribution < 1.29 is 9.84 Å². The van der Waals surface area contributed by atoms with Crippen LogP contribution >= 0.6 is 0 Å². The highest BCUT2D eigenvalue weighted by Crippen LogP contribution is 2.26. The fourth-order valence-corrected chi connectivity index (χ4v) is 2.34. The van der Waals surface area contributed by atoms with Gasteiger partial charge in [-0.1, -0.05) is 13.8 Å². The van der Waals surface area contributed by atoms with Crippen LogP contribution in [0.15, 0.2) is 12.1 Å². The Kier molecular flexibility index (Phi) is 4.77. The maximum absolute atomic E-state index is 9.85. The van der Waals surface area contributed by atoms with Gasteiger partial charge < -0.3 is 15.2 Å². The van der Waals surface area contributed by atoms with E-state index in [4.69, 9.17) is 4.74 Å². The number of hydrogen-bond acceptors (Lipinski definition) is 4. The molecule has 106 valence electrons. The van der Waals surface area contributed by atoms with Gasteiger partial charge in [0.1, 0.15) is 11.9 Å². The molecule has 2 unspecified atom stereocenters. The molecule has 0 spiro atoms. The molecule has 1 aromatic rings. The molecule has 1 aliphatic rings. The van der Waals surface area contributed by atoms with Crippen molar-refractivity contribution in [2.75, 3.05) is 0 Å². The lowest BCUT2D eigenvalue weighted by molar-refractivity contribution is 0.0593. The minimum Gasteiger partial charge on any atom is -0.486 e. The average Bonchev–Trinajstić information content (AvgIpc) is 2.75. The summed E-state index contributed by atoms with van der Waals surface area (Å²) in [5, 5.41) is 13.2. The molecule has 0 amide bonds. The molecule has 4 nitrogen and oxygen atoms in total. The topological polar surface area (TPSA) is 54.4 Å². The van der Waals surface area contributed by atoms with Crippen LogP contribution in [0.4, 0.5) is 0 Å². The van der Waals surface area contributed by atoms with E-state index in [1.807, 2.05) is 19.1 Å². The van der Waals surface area contributed by atoms with E-state index < -0.39 is 0 Å². The Morgan fingerprint density at radius 3 is 2.84 bits per heavy atom. The van der Waals surface area contributed by atoms with E-state index in [9.17, 15) is 5.11 Å². The van der Waals surface area contributed by atoms with E-state index in [0.717, 1.165) is 36.4 Å². The van der Waals surface area contributed by atoms with Gasteiger partial charge >= 0.3 is 0 Å². The third-order valence-corrected chi connectivity index (χ3v) is 3.45. The molecule has 0 bridgehead atoms. The molecule has 2 N–H and O–H groups in total. The molecule has 2 rings (SSSR count). The Morgan fingerprint density at radius 2 is 2.21 bits per heavy atom. The van der Waals surface area contributed by atoms with Crippen molar-refractivity contribution in [1.29, 1.82) is 0 Å². The van der Waals surface area contributed by atoms with E-state index in [0.29, 0.717) is 12.6 Å². The number of ether oxygens (including phenoxy) is 1. The van der Waals surface area contributed by atoms with Gasteiger partial charge in [0, 0.05) is 18.3 Å². The molecular weight excluding hydrogens is 240 g/mol. The molecule has 1 aliphatic carbocycles. The van der Waals surface area contributed by atoms with Crippen LogP contribution in [0, 0.1) is 6.92 Å². The molecule has 0 radical (unpaired) electrons. The first-order valence-electron chi connectivity index (χ1n) is 7.11. The minimum absolute atomic E-state index is 0.0812. The van der Waals surface area contributed by atoms with Gasteiger partial charge in [-0.25, -0.2) is 0 Å². The van der Waals surface area contributed by atoms with E-state index in [1.165, 1.54) is 0 Å². The Labute approximate surface area is 115 Å². The lowest BCUT2D eigenvalue weighted by atomic mass is 10.2. The van der Waals surface area contributed by atoms with Crippen molar-refractivity contribution >= 4 is 0 Å². The van der Waals surface area contributed by atoms with Crippen molar-refractivity contribution in [3.8, 4) is 5.75 Å². The fraction of sp³-hybridized carbons (Fsp3) is 0.667. The van der Waals surface area contributed by atoms with Crippen LogP contribution in [0.25, 0.3) is 0 Å². The van der Waals surface area contributed by atoms with Crippen molar-refractivity contribution in [2.24, 2.45) is 0 Å². The summed E-state index contributed by atoms with van der Waals surface area (Å²) in [4.78, 5) is 4.54. The lowest BCUT2D eigenvalue weighted by Crippen LogP contribution is -2.27. The van der Waals surface area contributed by atoms with Gasteiger partial charge in [-0.3, -0.25) is 4.98 Å². The van der Waals surface area contributed by atoms with Crippen LogP contribution in [-0.2, 0) is 6.54 Å².